The molecule has 41 heteroatoms. The number of amides is 7. The number of carbonyl (C=O) groups excluding carboxylic acids is 7. The van der Waals surface area contributed by atoms with Crippen LogP contribution < -0.4 is 68.2 Å². The lowest BCUT2D eigenvalue weighted by atomic mass is 9.86. The zero-order valence-corrected chi connectivity index (χ0v) is 67.3. The molecule has 8 heterocycles. The molecular weight excluding hydrogens is 1620 g/mol. The van der Waals surface area contributed by atoms with E-state index in [0.29, 0.717) is 26.2 Å². The maximum Gasteiger partial charge on any atom is 0.330 e. The number of rotatable bonds is 24. The fourth-order valence-corrected chi connectivity index (χ4v) is 15.3. The summed E-state index contributed by atoms with van der Waals surface area (Å²) < 4.78 is 56.6. The summed E-state index contributed by atoms with van der Waals surface area (Å²) >= 11 is 14.5. The molecule has 39 nitrogen and oxygen atoms in total. The van der Waals surface area contributed by atoms with Crippen molar-refractivity contribution in [3.05, 3.63) is 117 Å². The number of likely N-dealkylation sites (N-methyl/N-ethyl adjacent to an activating group) is 1. The van der Waals surface area contributed by atoms with Gasteiger partial charge in [-0.1, -0.05) is 68.6 Å². The molecule has 7 amide bonds. The van der Waals surface area contributed by atoms with Crippen LogP contribution in [0.5, 0.6) is 46.0 Å². The molecule has 23 atom stereocenters. The first-order valence-corrected chi connectivity index (χ1v) is 39.6. The lowest BCUT2D eigenvalue weighted by Gasteiger charge is -2.46. The number of phenolic OH excluding ortho intramolecular Hbond substituents is 3. The molecule has 0 radical (unpaired) electrons. The molecule has 0 saturated carbocycles. The van der Waals surface area contributed by atoms with Crippen LogP contribution in [0.15, 0.2) is 78.9 Å². The number of fused-ring (bicyclic) bond motifs is 15. The summed E-state index contributed by atoms with van der Waals surface area (Å²) in [6.45, 7) is 8.69. The first-order valence-electron chi connectivity index (χ1n) is 38.8. The number of aliphatic hydroxyl groups excluding tert-OH is 8. The Morgan fingerprint density at radius 1 is 0.675 bits per heavy atom. The number of carboxylic acids is 1. The molecule has 5 aromatic rings. The minimum absolute atomic E-state index is 0.107. The third-order valence-electron chi connectivity index (χ3n) is 21.3. The number of benzene rings is 5. The average molecular weight is 1720 g/mol. The molecule has 3 saturated heterocycles. The van der Waals surface area contributed by atoms with Crippen molar-refractivity contribution >= 4 is 70.5 Å². The first-order chi connectivity index (χ1) is 56.9. The van der Waals surface area contributed by atoms with Gasteiger partial charge in [-0.15, -0.1) is 0 Å². The van der Waals surface area contributed by atoms with Gasteiger partial charge in [0.05, 0.1) is 41.3 Å². The Hall–Kier alpha value is -9.44. The third-order valence-corrected chi connectivity index (χ3v) is 21.9. The maximum absolute atomic E-state index is 16.4. The van der Waals surface area contributed by atoms with Crippen LogP contribution in [0.1, 0.15) is 131 Å². The summed E-state index contributed by atoms with van der Waals surface area (Å²) in [4.78, 5) is 120. The van der Waals surface area contributed by atoms with Gasteiger partial charge in [0, 0.05) is 54.5 Å². The Morgan fingerprint density at radius 3 is 1.93 bits per heavy atom. The zero-order valence-electron chi connectivity index (χ0n) is 65.8. The Bertz CT molecular complexity index is 4590. The van der Waals surface area contributed by atoms with Gasteiger partial charge in [-0.3, -0.25) is 33.6 Å². The van der Waals surface area contributed by atoms with E-state index in [1.54, 1.807) is 0 Å². The molecule has 8 aliphatic heterocycles. The van der Waals surface area contributed by atoms with Gasteiger partial charge < -0.3 is 158 Å². The largest absolute Gasteiger partial charge is 0.508 e. The van der Waals surface area contributed by atoms with Gasteiger partial charge in [0.1, 0.15) is 120 Å². The van der Waals surface area contributed by atoms with Crippen molar-refractivity contribution < 1.29 is 142 Å². The Balaban J connectivity index is 1.11. The normalized spacial score (nSPS) is 30.6. The van der Waals surface area contributed by atoms with Crippen LogP contribution in [-0.2, 0) is 66.8 Å². The number of nitrogens with one attached hydrogen (secondary N) is 8. The third kappa shape index (κ3) is 20.7. The predicted molar refractivity (Wildman–Crippen MR) is 418 cm³/mol. The van der Waals surface area contributed by atoms with E-state index in [9.17, 15) is 75.7 Å². The second-order valence-electron chi connectivity index (χ2n) is 30.9. The van der Waals surface area contributed by atoms with E-state index in [2.05, 4.69) is 42.5 Å². The van der Waals surface area contributed by atoms with Gasteiger partial charge in [-0.05, 0) is 129 Å². The van der Waals surface area contributed by atoms with Crippen LogP contribution in [0.4, 0.5) is 0 Å². The fourth-order valence-electron chi connectivity index (χ4n) is 14.9. The number of aliphatic hydroxyl groups is 8. The van der Waals surface area contributed by atoms with Gasteiger partial charge in [-0.25, -0.2) is 4.79 Å². The van der Waals surface area contributed by atoms with Crippen LogP contribution in [0.3, 0.4) is 0 Å². The van der Waals surface area contributed by atoms with Crippen LogP contribution in [0.25, 0.3) is 11.1 Å². The van der Waals surface area contributed by atoms with E-state index in [1.807, 2.05) is 20.8 Å². The van der Waals surface area contributed by atoms with Crippen molar-refractivity contribution in [2.75, 3.05) is 40.0 Å². The maximum atomic E-state index is 16.4. The predicted octanol–water partition coefficient (Wildman–Crippen LogP) is -0.265. The second kappa shape index (κ2) is 39.2. The fraction of sp³-hybridized carbons (Fsp3) is 0.519. The number of hydrogen-bond acceptors (Lipinski definition) is 31. The number of aromatic hydroxyl groups is 3. The highest BCUT2D eigenvalue weighted by molar-refractivity contribution is 6.32. The molecule has 0 aliphatic carbocycles. The van der Waals surface area contributed by atoms with Crippen molar-refractivity contribution in [3.63, 3.8) is 0 Å². The monoisotopic (exact) mass is 1720 g/mol. The molecule has 654 valence electrons. The summed E-state index contributed by atoms with van der Waals surface area (Å²) in [5, 5.41) is 158. The standard InChI is InChI=1S/C79H100Cl2N10O29/c1-7-8-17-112-18-9-16-85-29-50-61(98)62(99)64(101)77(116-50)120-68-51(30-92)117-78(65(102)63(68)100)119-67-48-23-36-24-49(67)115-47-15-12-35(22-41(47)81)66(118-53-28-79(5,83)69(103)32(4)113-53)59-75(109)89-57(76(110)111)39-25-37(93)26-45(95)54(39)38-20-33(10-13-44(38)94)55(72(106)91-59)88-73(107)56(36)87-71(105)43(27-52(82)96)86-74(108)58(90-70(104)42(84-6)19-31(2)3)60(97)34-11-14-46(114-48)40(80)21-34/h10-15,20-26,31-32,42-43,50-51,53,55-66,68-69,77-78,84-85,92-95,97-103H,7-9,16-19,27-30,83H2,1-6H3,(H2,82,96)(H,86,108)(H,87,105)(H,88,107)(H,89,109)(H,90,104)(H,91,106)(H,110,111)/t32-,42+,43?,50+,51+,53-,55+,56+,57?,58?,59-,60+,61-,62-,63+,64+,65+,66+,68+,69-,77-,78-,79-/m0/s1. The number of carbonyl (C=O) groups is 8. The minimum Gasteiger partial charge on any atom is -0.508 e. The Morgan fingerprint density at radius 2 is 1.30 bits per heavy atom. The van der Waals surface area contributed by atoms with Crippen molar-refractivity contribution in [2.45, 2.75) is 213 Å². The number of phenols is 3. The van der Waals surface area contributed by atoms with E-state index in [4.69, 9.17) is 77.3 Å². The zero-order chi connectivity index (χ0) is 87.2. The summed E-state index contributed by atoms with van der Waals surface area (Å²) in [7, 11) is 1.46. The molecule has 3 unspecified atom stereocenters. The lowest BCUT2D eigenvalue weighted by molar-refractivity contribution is -0.350. The summed E-state index contributed by atoms with van der Waals surface area (Å²) in [5.74, 6) is -16.6. The number of hydrogen-bond donors (Lipinski definition) is 22. The topological polar surface area (TPSA) is 611 Å². The smallest absolute Gasteiger partial charge is 0.330 e. The number of nitrogens with two attached hydrogens (primary N) is 2. The van der Waals surface area contributed by atoms with Crippen LogP contribution >= 0.6 is 23.2 Å². The molecule has 5 aromatic carbocycles. The molecule has 120 heavy (non-hydrogen) atoms. The Labute approximate surface area is 696 Å². The van der Waals surface area contributed by atoms with Crippen molar-refractivity contribution in [1.29, 1.82) is 0 Å². The van der Waals surface area contributed by atoms with E-state index in [0.717, 1.165) is 79.6 Å². The Kier molecular flexibility index (Phi) is 29.8. The van der Waals surface area contributed by atoms with Crippen LogP contribution in [-0.4, -0.2) is 258 Å². The lowest BCUT2D eigenvalue weighted by Crippen LogP contribution is -2.65. The van der Waals surface area contributed by atoms with Crippen molar-refractivity contribution in [1.82, 2.24) is 42.5 Å². The van der Waals surface area contributed by atoms with E-state index in [-0.39, 0.29) is 42.0 Å². The van der Waals surface area contributed by atoms with Crippen LogP contribution in [0.2, 0.25) is 10.0 Å². The van der Waals surface area contributed by atoms with Crippen molar-refractivity contribution in [3.8, 4) is 57.1 Å². The van der Waals surface area contributed by atoms with Gasteiger partial charge in [-0.2, -0.15) is 0 Å². The van der Waals surface area contributed by atoms with Gasteiger partial charge in [0.25, 0.3) is 0 Å². The highest BCUT2D eigenvalue weighted by Gasteiger charge is 2.53. The summed E-state index contributed by atoms with van der Waals surface area (Å²) in [5.41, 5.74) is 8.01. The molecule has 0 aromatic heterocycles. The minimum atomic E-state index is -2.41. The molecular formula is C79H100Cl2N10O29. The number of primary amides is 1. The highest BCUT2D eigenvalue weighted by Crippen LogP contribution is 2.50. The number of halogens is 2. The van der Waals surface area contributed by atoms with E-state index in [1.165, 1.54) is 33.0 Å². The highest BCUT2D eigenvalue weighted by atomic mass is 35.5. The number of aliphatic carboxylic acids is 1. The molecule has 11 bridgehead atoms. The second-order valence-corrected chi connectivity index (χ2v) is 31.7. The van der Waals surface area contributed by atoms with Gasteiger partial charge in [0.15, 0.2) is 30.1 Å². The summed E-state index contributed by atoms with van der Waals surface area (Å²) in [6, 6.07) is -0.925. The molecule has 8 aliphatic rings. The summed E-state index contributed by atoms with van der Waals surface area (Å²) in [6.07, 6.45) is -26.4. The molecule has 24 N–H and O–H groups in total. The molecule has 3 fully saturated rings. The average Bonchev–Trinajstić information content (AvgIpc) is 0.823. The molecule has 13 rings (SSSR count). The van der Waals surface area contributed by atoms with E-state index < -0.39 is 279 Å². The van der Waals surface area contributed by atoms with Crippen molar-refractivity contribution in [2.24, 2.45) is 17.4 Å². The van der Waals surface area contributed by atoms with Crippen LogP contribution in [0, 0.1) is 5.92 Å². The van der Waals surface area contributed by atoms with Gasteiger partial charge in [0.2, 0.25) is 53.4 Å². The van der Waals surface area contributed by atoms with Gasteiger partial charge >= 0.3 is 5.97 Å². The first kappa shape index (κ1) is 91.3. The number of unbranched alkanes of at least 4 members (excludes halogenated alkanes) is 1. The number of ether oxygens (including phenoxy) is 9. The number of carboxylic acid groups (broad SMARTS) is 1. The molecule has 0 spiro atoms. The SMILES string of the molecule is CCCCOCCCNC[C@H]1O[C@@H](O[C@H]2[C@H](O)[C@@H](O)[C@H](Oc3c4cc5cc3Oc3ccc(cc3Cl)[C@@H](O[C@H]3C[C@](C)(N)[C@@H](O)[C@H](C)O3)[C@@H]3NC(=O)[C@H](NC(=O)[C@@H]5NC(=O)C(CC(N)=O)NC(=O)C(NC(=O)[C@@H](CC(C)C)NC)[C@H](O)c5ccc(c(Cl)c5)O4)c4ccc(O)c(c4)-c4c(O)cc(O)cc4C(C(=O)O)NC3=O)O[C@@H]2CO)[C@H](O)[C@@H](O)[C@H]1O. The van der Waals surface area contributed by atoms with E-state index >= 15 is 24.0 Å². The quantitative estimate of drug-likeness (QED) is 0.0354.